The third kappa shape index (κ3) is 9.77. The van der Waals surface area contributed by atoms with Crippen LogP contribution in [0.3, 0.4) is 0 Å². The number of nitrogens with one attached hydrogen (secondary N) is 3. The van der Waals surface area contributed by atoms with Gasteiger partial charge in [0.05, 0.1) is 10.7 Å². The van der Waals surface area contributed by atoms with Gasteiger partial charge in [0.1, 0.15) is 11.2 Å². The number of hydrogen-bond acceptors (Lipinski definition) is 3. The van der Waals surface area contributed by atoms with E-state index in [0.717, 1.165) is 24.0 Å². The maximum Gasteiger partial charge on any atom is 0.273 e. The molecule has 0 fully saturated rings. The van der Waals surface area contributed by atoms with Crippen molar-refractivity contribution < 1.29 is 4.79 Å². The second-order valence-corrected chi connectivity index (χ2v) is 11.3. The van der Waals surface area contributed by atoms with E-state index in [9.17, 15) is 9.59 Å². The van der Waals surface area contributed by atoms with Gasteiger partial charge in [-0.2, -0.15) is 0 Å². The number of aryl methyl sites for hydroxylation is 2. The molecule has 0 bridgehead atoms. The minimum atomic E-state index is -0.566. The first-order valence-corrected chi connectivity index (χ1v) is 15.0. The molecule has 0 aliphatic heterocycles. The molecule has 0 aliphatic rings. The zero-order chi connectivity index (χ0) is 28.2. The average molecular weight is 574 g/mol. The number of aromatic amines is 1. The highest BCUT2D eigenvalue weighted by Crippen LogP contribution is 2.26. The van der Waals surface area contributed by atoms with Crippen molar-refractivity contribution >= 4 is 46.3 Å². The van der Waals surface area contributed by atoms with Gasteiger partial charge in [-0.05, 0) is 55.7 Å². The SMILES string of the molecule is CCCCCCCCCCCCC(Cl)C(=O)Nc1cccc(Nc2cc(=O)n(-c3c(C)cc(C)cc3Cl)[nH]2)c1. The molecular weight excluding hydrogens is 531 g/mol. The van der Waals surface area contributed by atoms with E-state index < -0.39 is 5.38 Å². The van der Waals surface area contributed by atoms with Crippen molar-refractivity contribution in [1.29, 1.82) is 0 Å². The number of carbonyl (C=O) groups excluding carboxylic acids is 1. The normalized spacial score (nSPS) is 11.9. The van der Waals surface area contributed by atoms with Crippen LogP contribution in [0.25, 0.3) is 5.69 Å². The van der Waals surface area contributed by atoms with Crippen molar-refractivity contribution in [1.82, 2.24) is 9.78 Å². The molecule has 1 heterocycles. The molecule has 6 nitrogen and oxygen atoms in total. The molecule has 212 valence electrons. The van der Waals surface area contributed by atoms with Gasteiger partial charge < -0.3 is 10.6 Å². The largest absolute Gasteiger partial charge is 0.340 e. The van der Waals surface area contributed by atoms with Crippen molar-refractivity contribution in [3.8, 4) is 5.69 Å². The Morgan fingerprint density at radius 1 is 0.923 bits per heavy atom. The van der Waals surface area contributed by atoms with Crippen LogP contribution in [0.1, 0.15) is 88.7 Å². The number of benzene rings is 2. The lowest BCUT2D eigenvalue weighted by molar-refractivity contribution is -0.116. The fourth-order valence-electron chi connectivity index (χ4n) is 4.81. The van der Waals surface area contributed by atoms with Crippen molar-refractivity contribution in [2.45, 2.75) is 96.8 Å². The number of H-pyrrole nitrogens is 1. The lowest BCUT2D eigenvalue weighted by Crippen LogP contribution is -2.23. The number of hydrogen-bond donors (Lipinski definition) is 3. The average Bonchev–Trinajstić information content (AvgIpc) is 3.23. The number of alkyl halides is 1. The molecule has 1 atom stereocenters. The van der Waals surface area contributed by atoms with Crippen LogP contribution in [0.2, 0.25) is 5.02 Å². The molecule has 1 amide bonds. The van der Waals surface area contributed by atoms with Crippen LogP contribution in [-0.2, 0) is 4.79 Å². The Labute approximate surface area is 242 Å². The first kappa shape index (κ1) is 30.8. The van der Waals surface area contributed by atoms with E-state index in [1.54, 1.807) is 0 Å². The van der Waals surface area contributed by atoms with Crippen LogP contribution in [0.5, 0.6) is 0 Å². The molecule has 39 heavy (non-hydrogen) atoms. The minimum absolute atomic E-state index is 0.200. The first-order chi connectivity index (χ1) is 18.8. The smallest absolute Gasteiger partial charge is 0.273 e. The Balaban J connectivity index is 1.47. The van der Waals surface area contributed by atoms with E-state index >= 15 is 0 Å². The maximum atomic E-state index is 12.7. The van der Waals surface area contributed by atoms with Gasteiger partial charge in [0.25, 0.3) is 5.56 Å². The molecule has 3 N–H and O–H groups in total. The van der Waals surface area contributed by atoms with Crippen LogP contribution >= 0.6 is 23.2 Å². The van der Waals surface area contributed by atoms with Crippen LogP contribution in [0.4, 0.5) is 17.2 Å². The second kappa shape index (κ2) is 15.8. The Morgan fingerprint density at radius 3 is 2.23 bits per heavy atom. The fourth-order valence-corrected chi connectivity index (χ4v) is 5.42. The Hall–Kier alpha value is -2.70. The third-order valence-electron chi connectivity index (χ3n) is 6.85. The minimum Gasteiger partial charge on any atom is -0.340 e. The number of aromatic nitrogens is 2. The van der Waals surface area contributed by atoms with Crippen LogP contribution < -0.4 is 16.2 Å². The number of amides is 1. The predicted octanol–water partition coefficient (Wildman–Crippen LogP) is 9.04. The molecule has 1 unspecified atom stereocenters. The number of halogens is 2. The summed E-state index contributed by atoms with van der Waals surface area (Å²) in [5.74, 6) is 0.310. The third-order valence-corrected chi connectivity index (χ3v) is 7.55. The number of anilines is 3. The van der Waals surface area contributed by atoms with Gasteiger partial charge in [-0.25, -0.2) is 4.68 Å². The van der Waals surface area contributed by atoms with Crippen LogP contribution in [0, 0.1) is 13.8 Å². The highest BCUT2D eigenvalue weighted by Gasteiger charge is 2.16. The highest BCUT2D eigenvalue weighted by atomic mass is 35.5. The summed E-state index contributed by atoms with van der Waals surface area (Å²) in [5.41, 5.74) is 3.67. The number of carbonyl (C=O) groups is 1. The van der Waals surface area contributed by atoms with Crippen molar-refractivity contribution in [3.05, 3.63) is 69.0 Å². The van der Waals surface area contributed by atoms with Crippen LogP contribution in [-0.4, -0.2) is 21.1 Å². The number of rotatable bonds is 16. The summed E-state index contributed by atoms with van der Waals surface area (Å²) in [5, 5.41) is 9.12. The van der Waals surface area contributed by atoms with Gasteiger partial charge in [0.2, 0.25) is 5.91 Å². The molecule has 0 radical (unpaired) electrons. The molecule has 2 aromatic carbocycles. The van der Waals surface area contributed by atoms with Crippen molar-refractivity contribution in [3.63, 3.8) is 0 Å². The van der Waals surface area contributed by atoms with Gasteiger partial charge in [-0.15, -0.1) is 11.6 Å². The monoisotopic (exact) mass is 572 g/mol. The molecule has 1 aromatic heterocycles. The Bertz CT molecular complexity index is 1240. The zero-order valence-electron chi connectivity index (χ0n) is 23.4. The maximum absolute atomic E-state index is 12.7. The summed E-state index contributed by atoms with van der Waals surface area (Å²) < 4.78 is 1.43. The van der Waals surface area contributed by atoms with Gasteiger partial charge in [-0.3, -0.25) is 14.7 Å². The van der Waals surface area contributed by atoms with Crippen molar-refractivity contribution in [2.24, 2.45) is 0 Å². The molecule has 3 rings (SSSR count). The molecular formula is C31H42Cl2N4O2. The standard InChI is InChI=1S/C31H42Cl2N4O2/c1-4-5-6-7-8-9-10-11-12-13-17-26(32)31(39)35-25-16-14-15-24(20-25)34-28-21-29(38)37(36-28)30-23(3)18-22(2)19-27(30)33/h14-16,18-21,26,34,36H,4-13,17H2,1-3H3,(H,35,39). The molecule has 0 saturated heterocycles. The van der Waals surface area contributed by atoms with E-state index in [2.05, 4.69) is 22.7 Å². The summed E-state index contributed by atoms with van der Waals surface area (Å²) in [6.45, 7) is 6.12. The lowest BCUT2D eigenvalue weighted by Gasteiger charge is -2.12. The molecule has 0 spiro atoms. The molecule has 0 saturated carbocycles. The number of nitrogens with zero attached hydrogens (tertiary/aromatic N) is 1. The Morgan fingerprint density at radius 2 is 1.56 bits per heavy atom. The van der Waals surface area contributed by atoms with Gasteiger partial charge >= 0.3 is 0 Å². The van der Waals surface area contributed by atoms with E-state index in [4.69, 9.17) is 23.2 Å². The van der Waals surface area contributed by atoms with Gasteiger partial charge in [0, 0.05) is 17.4 Å². The van der Waals surface area contributed by atoms with E-state index in [-0.39, 0.29) is 11.5 Å². The quantitative estimate of drug-likeness (QED) is 0.118. The number of unbranched alkanes of at least 4 members (excludes halogenated alkanes) is 9. The van der Waals surface area contributed by atoms with E-state index in [1.165, 1.54) is 62.1 Å². The highest BCUT2D eigenvalue weighted by molar-refractivity contribution is 6.33. The van der Waals surface area contributed by atoms with E-state index in [1.807, 2.05) is 50.2 Å². The van der Waals surface area contributed by atoms with Crippen LogP contribution in [0.15, 0.2) is 47.3 Å². The molecule has 0 aliphatic carbocycles. The van der Waals surface area contributed by atoms with E-state index in [0.29, 0.717) is 34.3 Å². The summed E-state index contributed by atoms with van der Waals surface area (Å²) in [7, 11) is 0. The summed E-state index contributed by atoms with van der Waals surface area (Å²) >= 11 is 12.8. The zero-order valence-corrected chi connectivity index (χ0v) is 24.9. The molecule has 8 heteroatoms. The summed E-state index contributed by atoms with van der Waals surface area (Å²) in [6, 6.07) is 12.6. The lowest BCUT2D eigenvalue weighted by atomic mass is 10.1. The van der Waals surface area contributed by atoms with Crippen molar-refractivity contribution in [2.75, 3.05) is 10.6 Å². The fraction of sp³-hybridized carbons (Fsp3) is 0.484. The predicted molar refractivity (Wildman–Crippen MR) is 165 cm³/mol. The summed E-state index contributed by atoms with van der Waals surface area (Å²) in [4.78, 5) is 25.3. The molecule has 3 aromatic rings. The Kier molecular flexibility index (Phi) is 12.5. The van der Waals surface area contributed by atoms with Gasteiger partial charge in [0.15, 0.2) is 0 Å². The topological polar surface area (TPSA) is 78.9 Å². The van der Waals surface area contributed by atoms with Gasteiger partial charge in [-0.1, -0.05) is 94.9 Å². The first-order valence-electron chi connectivity index (χ1n) is 14.2. The second-order valence-electron chi connectivity index (χ2n) is 10.4. The summed E-state index contributed by atoms with van der Waals surface area (Å²) in [6.07, 6.45) is 13.2.